The van der Waals surface area contributed by atoms with Gasteiger partial charge in [-0.15, -0.1) is 0 Å². The van der Waals surface area contributed by atoms with E-state index in [2.05, 4.69) is 0 Å². The van der Waals surface area contributed by atoms with Crippen LogP contribution >= 0.6 is 0 Å². The lowest BCUT2D eigenvalue weighted by Crippen LogP contribution is -2.47. The molecule has 4 heteroatoms. The van der Waals surface area contributed by atoms with E-state index >= 15 is 0 Å². The highest BCUT2D eigenvalue weighted by Crippen LogP contribution is 2.37. The second-order valence-corrected chi connectivity index (χ2v) is 5.64. The lowest BCUT2D eigenvalue weighted by atomic mass is 9.92. The fraction of sp³-hybridized carbons (Fsp3) is 0.467. The highest BCUT2D eigenvalue weighted by molar-refractivity contribution is 6.21. The molecule has 0 saturated heterocycles. The van der Waals surface area contributed by atoms with Crippen LogP contribution in [0.2, 0.25) is 0 Å². The lowest BCUT2D eigenvalue weighted by Gasteiger charge is -2.31. The third kappa shape index (κ3) is 1.78. The summed E-state index contributed by atoms with van der Waals surface area (Å²) in [5.41, 5.74) is -0.0311. The van der Waals surface area contributed by atoms with Crippen LogP contribution in [0, 0.1) is 5.92 Å². The Bertz CT molecular complexity index is 519. The van der Waals surface area contributed by atoms with Crippen LogP contribution in [0.5, 0.6) is 0 Å². The third-order valence-electron chi connectivity index (χ3n) is 4.47. The Labute approximate surface area is 112 Å². The van der Waals surface area contributed by atoms with Gasteiger partial charge in [-0.1, -0.05) is 25.5 Å². The quantitative estimate of drug-likeness (QED) is 0.824. The van der Waals surface area contributed by atoms with E-state index in [1.54, 1.807) is 24.3 Å². The van der Waals surface area contributed by atoms with Gasteiger partial charge in [0.15, 0.2) is 0 Å². The molecule has 1 aliphatic carbocycles. The van der Waals surface area contributed by atoms with Crippen LogP contribution in [0.3, 0.4) is 0 Å². The molecule has 1 aromatic carbocycles. The van der Waals surface area contributed by atoms with Crippen LogP contribution in [0.25, 0.3) is 0 Å². The number of hydrogen-bond donors (Lipinski definition) is 1. The average Bonchev–Trinajstić information content (AvgIpc) is 2.85. The predicted octanol–water partition coefficient (Wildman–Crippen LogP) is 1.83. The average molecular weight is 259 g/mol. The molecule has 1 aromatic rings. The lowest BCUT2D eigenvalue weighted by molar-refractivity contribution is -0.0143. The van der Waals surface area contributed by atoms with Crippen molar-refractivity contribution >= 4 is 11.8 Å². The van der Waals surface area contributed by atoms with Gasteiger partial charge in [0.1, 0.15) is 0 Å². The molecule has 1 N–H and O–H groups in total. The van der Waals surface area contributed by atoms with Crippen molar-refractivity contribution in [2.45, 2.75) is 31.8 Å². The number of rotatable bonds is 2. The molecule has 0 bridgehead atoms. The largest absolute Gasteiger partial charge is 0.388 e. The molecule has 1 fully saturated rings. The van der Waals surface area contributed by atoms with Gasteiger partial charge in [0.05, 0.1) is 23.3 Å². The van der Waals surface area contributed by atoms with E-state index in [0.29, 0.717) is 17.5 Å². The Morgan fingerprint density at radius 2 is 1.84 bits per heavy atom. The minimum Gasteiger partial charge on any atom is -0.388 e. The van der Waals surface area contributed by atoms with Crippen molar-refractivity contribution in [3.05, 3.63) is 35.4 Å². The Morgan fingerprint density at radius 1 is 1.26 bits per heavy atom. The van der Waals surface area contributed by atoms with Gasteiger partial charge < -0.3 is 5.11 Å². The molecule has 2 unspecified atom stereocenters. The summed E-state index contributed by atoms with van der Waals surface area (Å²) >= 11 is 0. The van der Waals surface area contributed by atoms with Crippen molar-refractivity contribution in [3.63, 3.8) is 0 Å². The van der Waals surface area contributed by atoms with Crippen LogP contribution in [0.1, 0.15) is 46.9 Å². The smallest absolute Gasteiger partial charge is 0.261 e. The monoisotopic (exact) mass is 259 g/mol. The molecule has 2 aliphatic rings. The fourth-order valence-corrected chi connectivity index (χ4v) is 3.12. The SMILES string of the molecule is CC1CCCC1(O)CN1C(=O)c2ccccc2C1=O. The molecule has 0 spiro atoms. The zero-order valence-electron chi connectivity index (χ0n) is 10.9. The number of aliphatic hydroxyl groups is 1. The van der Waals surface area contributed by atoms with Gasteiger partial charge in [0.2, 0.25) is 0 Å². The van der Waals surface area contributed by atoms with E-state index < -0.39 is 5.60 Å². The van der Waals surface area contributed by atoms with Crippen molar-refractivity contribution < 1.29 is 14.7 Å². The molecule has 1 saturated carbocycles. The molecule has 100 valence electrons. The maximum atomic E-state index is 12.2. The predicted molar refractivity (Wildman–Crippen MR) is 69.8 cm³/mol. The molecular weight excluding hydrogens is 242 g/mol. The Kier molecular flexibility index (Phi) is 2.71. The van der Waals surface area contributed by atoms with Crippen LogP contribution in [0.15, 0.2) is 24.3 Å². The van der Waals surface area contributed by atoms with Gasteiger partial charge in [-0.3, -0.25) is 14.5 Å². The number of fused-ring (bicyclic) bond motifs is 1. The van der Waals surface area contributed by atoms with Gasteiger partial charge in [-0.2, -0.15) is 0 Å². The summed E-state index contributed by atoms with van der Waals surface area (Å²) < 4.78 is 0. The molecule has 1 heterocycles. The first-order chi connectivity index (χ1) is 9.03. The third-order valence-corrected chi connectivity index (χ3v) is 4.47. The summed E-state index contributed by atoms with van der Waals surface area (Å²) in [4.78, 5) is 25.7. The summed E-state index contributed by atoms with van der Waals surface area (Å²) in [6, 6.07) is 6.83. The van der Waals surface area contributed by atoms with Crippen LogP contribution in [-0.2, 0) is 0 Å². The zero-order valence-corrected chi connectivity index (χ0v) is 10.9. The van der Waals surface area contributed by atoms with Crippen molar-refractivity contribution in [2.75, 3.05) is 6.54 Å². The number of amides is 2. The number of carbonyl (C=O) groups is 2. The van der Waals surface area contributed by atoms with Gasteiger partial charge in [-0.05, 0) is 30.9 Å². The van der Waals surface area contributed by atoms with Crippen LogP contribution < -0.4 is 0 Å². The normalized spacial score (nSPS) is 30.0. The van der Waals surface area contributed by atoms with Crippen LogP contribution in [-0.4, -0.2) is 34.0 Å². The maximum Gasteiger partial charge on any atom is 0.261 e. The molecule has 2 amide bonds. The van der Waals surface area contributed by atoms with Gasteiger partial charge in [0, 0.05) is 0 Å². The molecule has 0 radical (unpaired) electrons. The summed E-state index contributed by atoms with van der Waals surface area (Å²) in [5, 5.41) is 10.6. The summed E-state index contributed by atoms with van der Waals surface area (Å²) in [7, 11) is 0. The molecule has 1 aliphatic heterocycles. The van der Waals surface area contributed by atoms with Gasteiger partial charge >= 0.3 is 0 Å². The first kappa shape index (κ1) is 12.4. The van der Waals surface area contributed by atoms with Crippen molar-refractivity contribution in [1.29, 1.82) is 0 Å². The summed E-state index contributed by atoms with van der Waals surface area (Å²) in [6.45, 7) is 2.09. The molecule has 19 heavy (non-hydrogen) atoms. The number of imide groups is 1. The Balaban J connectivity index is 1.89. The summed E-state index contributed by atoms with van der Waals surface area (Å²) in [6.07, 6.45) is 2.54. The van der Waals surface area contributed by atoms with E-state index in [1.165, 1.54) is 4.90 Å². The summed E-state index contributed by atoms with van der Waals surface area (Å²) in [5.74, 6) is -0.446. The molecule has 2 atom stereocenters. The molecule has 0 aromatic heterocycles. The van der Waals surface area contributed by atoms with Crippen molar-refractivity contribution in [2.24, 2.45) is 5.92 Å². The van der Waals surface area contributed by atoms with E-state index in [4.69, 9.17) is 0 Å². The van der Waals surface area contributed by atoms with Gasteiger partial charge in [-0.25, -0.2) is 0 Å². The van der Waals surface area contributed by atoms with E-state index in [9.17, 15) is 14.7 Å². The van der Waals surface area contributed by atoms with E-state index in [-0.39, 0.29) is 24.3 Å². The molecule has 3 rings (SSSR count). The first-order valence-electron chi connectivity index (χ1n) is 6.70. The number of nitrogens with zero attached hydrogens (tertiary/aromatic N) is 1. The molecule has 4 nitrogen and oxygen atoms in total. The first-order valence-corrected chi connectivity index (χ1v) is 6.70. The highest BCUT2D eigenvalue weighted by Gasteiger charge is 2.45. The second-order valence-electron chi connectivity index (χ2n) is 5.64. The minimum absolute atomic E-state index is 0.112. The second kappa shape index (κ2) is 4.17. The number of carbonyl (C=O) groups excluding carboxylic acids is 2. The Hall–Kier alpha value is -1.68. The van der Waals surface area contributed by atoms with Crippen LogP contribution in [0.4, 0.5) is 0 Å². The number of hydrogen-bond acceptors (Lipinski definition) is 3. The maximum absolute atomic E-state index is 12.2. The fourth-order valence-electron chi connectivity index (χ4n) is 3.12. The highest BCUT2D eigenvalue weighted by atomic mass is 16.3. The van der Waals surface area contributed by atoms with Gasteiger partial charge in [0.25, 0.3) is 11.8 Å². The molecular formula is C15H17NO3. The number of benzene rings is 1. The van der Waals surface area contributed by atoms with E-state index in [1.807, 2.05) is 6.92 Å². The Morgan fingerprint density at radius 3 is 2.32 bits per heavy atom. The van der Waals surface area contributed by atoms with Crippen molar-refractivity contribution in [3.8, 4) is 0 Å². The minimum atomic E-state index is -0.923. The number of β-amino-alcohol motifs (C(OH)–C–C–N with tert-alkyl or cyclic N) is 1. The standard InChI is InChI=1S/C15H17NO3/c1-10-5-4-8-15(10,19)9-16-13(17)11-6-2-3-7-12(11)14(16)18/h2-3,6-7,10,19H,4-5,8-9H2,1H3. The topological polar surface area (TPSA) is 57.6 Å². The van der Waals surface area contributed by atoms with E-state index in [0.717, 1.165) is 12.8 Å². The zero-order chi connectivity index (χ0) is 13.6. The van der Waals surface area contributed by atoms with Crippen molar-refractivity contribution in [1.82, 2.24) is 4.90 Å².